The maximum atomic E-state index is 14.7. The van der Waals surface area contributed by atoms with E-state index >= 15 is 0 Å². The van der Waals surface area contributed by atoms with Gasteiger partial charge < -0.3 is 15.2 Å². The molecule has 0 unspecified atom stereocenters. The van der Waals surface area contributed by atoms with Crippen LogP contribution in [0.3, 0.4) is 0 Å². The van der Waals surface area contributed by atoms with E-state index in [0.717, 1.165) is 22.9 Å². The van der Waals surface area contributed by atoms with Gasteiger partial charge in [0.05, 0.1) is 25.5 Å². The van der Waals surface area contributed by atoms with Gasteiger partial charge in [-0.2, -0.15) is 9.37 Å². The fourth-order valence-electron chi connectivity index (χ4n) is 2.93. The van der Waals surface area contributed by atoms with Gasteiger partial charge in [0.2, 0.25) is 21.8 Å². The summed E-state index contributed by atoms with van der Waals surface area (Å²) in [5.41, 5.74) is 5.60. The number of hydrogen-bond donors (Lipinski definition) is 1. The number of halogens is 2. The molecule has 0 spiro atoms. The van der Waals surface area contributed by atoms with E-state index < -0.39 is 33.0 Å². The van der Waals surface area contributed by atoms with Crippen molar-refractivity contribution >= 4 is 16.0 Å². The Bertz CT molecular complexity index is 1050. The highest BCUT2D eigenvalue weighted by Crippen LogP contribution is 2.35. The van der Waals surface area contributed by atoms with Crippen LogP contribution in [0.15, 0.2) is 35.7 Å². The van der Waals surface area contributed by atoms with E-state index in [1.54, 1.807) is 6.92 Å². The Labute approximate surface area is 172 Å². The van der Waals surface area contributed by atoms with Crippen LogP contribution in [0.1, 0.15) is 24.2 Å². The van der Waals surface area contributed by atoms with E-state index in [2.05, 4.69) is 15.0 Å². The number of rotatable bonds is 3. The van der Waals surface area contributed by atoms with Crippen molar-refractivity contribution in [3.63, 3.8) is 0 Å². The van der Waals surface area contributed by atoms with Crippen molar-refractivity contribution in [3.8, 4) is 11.6 Å². The van der Waals surface area contributed by atoms with Crippen molar-refractivity contribution < 1.29 is 26.7 Å². The SMILES string of the molecule is C[C@H]1C[C@H](c2cc(Oc3ncncc3F)ccc2F)S(=O)(=O)N(C)C(N)=NCCO1. The molecule has 0 aliphatic carbocycles. The van der Waals surface area contributed by atoms with E-state index in [-0.39, 0.29) is 42.7 Å². The molecule has 30 heavy (non-hydrogen) atoms. The van der Waals surface area contributed by atoms with Crippen molar-refractivity contribution in [2.75, 3.05) is 20.2 Å². The third kappa shape index (κ3) is 4.65. The summed E-state index contributed by atoms with van der Waals surface area (Å²) < 4.78 is 66.7. The van der Waals surface area contributed by atoms with Gasteiger partial charge in [0, 0.05) is 12.6 Å². The quantitative estimate of drug-likeness (QED) is 0.773. The van der Waals surface area contributed by atoms with E-state index in [9.17, 15) is 17.2 Å². The maximum Gasteiger partial charge on any atom is 0.259 e. The van der Waals surface area contributed by atoms with E-state index in [4.69, 9.17) is 15.2 Å². The van der Waals surface area contributed by atoms with Crippen LogP contribution in [0.4, 0.5) is 8.78 Å². The molecule has 0 saturated carbocycles. The molecule has 1 aromatic heterocycles. The molecule has 1 aliphatic rings. The lowest BCUT2D eigenvalue weighted by molar-refractivity contribution is 0.0645. The normalized spacial score (nSPS) is 22.3. The summed E-state index contributed by atoms with van der Waals surface area (Å²) in [5, 5.41) is -1.34. The van der Waals surface area contributed by atoms with Crippen molar-refractivity contribution in [1.29, 1.82) is 0 Å². The van der Waals surface area contributed by atoms with Crippen LogP contribution in [-0.4, -0.2) is 55.0 Å². The van der Waals surface area contributed by atoms with Gasteiger partial charge >= 0.3 is 0 Å². The second-order valence-corrected chi connectivity index (χ2v) is 8.77. The van der Waals surface area contributed by atoms with Crippen LogP contribution in [0.2, 0.25) is 0 Å². The maximum absolute atomic E-state index is 14.7. The van der Waals surface area contributed by atoms with E-state index in [1.165, 1.54) is 19.2 Å². The summed E-state index contributed by atoms with van der Waals surface area (Å²) in [6.07, 6.45) is 1.46. The third-order valence-electron chi connectivity index (χ3n) is 4.54. The van der Waals surface area contributed by atoms with Gasteiger partial charge in [0.25, 0.3) is 5.88 Å². The van der Waals surface area contributed by atoms with E-state index in [0.29, 0.717) is 0 Å². The van der Waals surface area contributed by atoms with Crippen LogP contribution < -0.4 is 10.5 Å². The van der Waals surface area contributed by atoms with E-state index in [1.807, 2.05) is 0 Å². The summed E-state index contributed by atoms with van der Waals surface area (Å²) in [6, 6.07) is 3.48. The second kappa shape index (κ2) is 8.88. The molecule has 2 N–H and O–H groups in total. The monoisotopic (exact) mass is 441 g/mol. The number of benzene rings is 1. The second-order valence-electron chi connectivity index (χ2n) is 6.62. The Kier molecular flexibility index (Phi) is 6.46. The zero-order valence-corrected chi connectivity index (χ0v) is 17.1. The molecule has 12 heteroatoms. The number of hydrogen-bond acceptors (Lipinski definition) is 8. The van der Waals surface area contributed by atoms with Gasteiger partial charge in [-0.3, -0.25) is 4.99 Å². The van der Waals surface area contributed by atoms with Crippen LogP contribution in [0.5, 0.6) is 11.6 Å². The minimum Gasteiger partial charge on any atom is -0.436 e. The average molecular weight is 441 g/mol. The van der Waals surface area contributed by atoms with Gasteiger partial charge in [-0.05, 0) is 31.5 Å². The summed E-state index contributed by atoms with van der Waals surface area (Å²) in [5.74, 6) is -2.18. The fraction of sp³-hybridized carbons (Fsp3) is 0.389. The Balaban J connectivity index is 2.04. The highest BCUT2D eigenvalue weighted by Gasteiger charge is 2.36. The lowest BCUT2D eigenvalue weighted by Gasteiger charge is -2.29. The smallest absolute Gasteiger partial charge is 0.259 e. The molecule has 0 saturated heterocycles. The number of ether oxygens (including phenoxy) is 2. The minimum atomic E-state index is -4.15. The molecule has 2 aromatic rings. The Morgan fingerprint density at radius 3 is 2.80 bits per heavy atom. The topological polar surface area (TPSA) is 120 Å². The number of aromatic nitrogens is 2. The first kappa shape index (κ1) is 21.8. The fourth-order valence-corrected chi connectivity index (χ4v) is 4.65. The zero-order chi connectivity index (χ0) is 21.9. The number of sulfonamides is 1. The Hall–Kier alpha value is -2.86. The number of guanidine groups is 1. The predicted molar refractivity (Wildman–Crippen MR) is 104 cm³/mol. The van der Waals surface area contributed by atoms with Crippen molar-refractivity contribution in [2.24, 2.45) is 10.7 Å². The first-order valence-corrected chi connectivity index (χ1v) is 10.5. The summed E-state index contributed by atoms with van der Waals surface area (Å²) in [7, 11) is -2.90. The molecule has 3 rings (SSSR count). The van der Waals surface area contributed by atoms with Gasteiger partial charge in [-0.25, -0.2) is 22.1 Å². The molecule has 0 amide bonds. The Morgan fingerprint density at radius 2 is 2.07 bits per heavy atom. The molecule has 0 fully saturated rings. The molecular weight excluding hydrogens is 420 g/mol. The third-order valence-corrected chi connectivity index (χ3v) is 6.66. The average Bonchev–Trinajstić information content (AvgIpc) is 2.71. The molecule has 2 heterocycles. The molecule has 1 aliphatic heterocycles. The standard InChI is InChI=1S/C18H21F2N5O4S/c1-11-7-16(30(26,27)25(2)18(21)23-5-6-28-11)13-8-12(3-4-14(13)19)29-17-15(20)9-22-10-24-17/h3-4,8-11,16H,5-7H2,1-2H3,(H2,21,23)/t11-,16+/m0/s1. The number of nitrogens with two attached hydrogens (primary N) is 1. The predicted octanol–water partition coefficient (Wildman–Crippen LogP) is 1.97. The van der Waals surface area contributed by atoms with Gasteiger partial charge in [-0.15, -0.1) is 0 Å². The zero-order valence-electron chi connectivity index (χ0n) is 16.3. The van der Waals surface area contributed by atoms with Gasteiger partial charge in [0.15, 0.2) is 0 Å². The molecule has 2 atom stereocenters. The molecule has 162 valence electrons. The highest BCUT2D eigenvalue weighted by molar-refractivity contribution is 7.89. The number of nitrogens with zero attached hydrogens (tertiary/aromatic N) is 4. The summed E-state index contributed by atoms with van der Waals surface area (Å²) in [6.45, 7) is 2.12. The van der Waals surface area contributed by atoms with Crippen molar-refractivity contribution in [1.82, 2.24) is 14.3 Å². The van der Waals surface area contributed by atoms with Crippen LogP contribution in [0.25, 0.3) is 0 Å². The largest absolute Gasteiger partial charge is 0.436 e. The van der Waals surface area contributed by atoms with Crippen LogP contribution in [-0.2, 0) is 14.8 Å². The lowest BCUT2D eigenvalue weighted by Crippen LogP contribution is -2.43. The molecule has 1 aromatic carbocycles. The number of aliphatic imine (C=N–C) groups is 1. The molecular formula is C18H21F2N5O4S. The van der Waals surface area contributed by atoms with Crippen LogP contribution >= 0.6 is 0 Å². The highest BCUT2D eigenvalue weighted by atomic mass is 32.2. The first-order chi connectivity index (χ1) is 14.2. The molecule has 0 radical (unpaired) electrons. The first-order valence-electron chi connectivity index (χ1n) is 9.02. The minimum absolute atomic E-state index is 0.00848. The lowest BCUT2D eigenvalue weighted by atomic mass is 10.1. The van der Waals surface area contributed by atoms with Gasteiger partial charge in [0.1, 0.15) is 23.1 Å². The van der Waals surface area contributed by atoms with Crippen molar-refractivity contribution in [3.05, 3.63) is 47.9 Å². The summed E-state index contributed by atoms with van der Waals surface area (Å²) in [4.78, 5) is 11.2. The molecule has 0 bridgehead atoms. The van der Waals surface area contributed by atoms with Crippen LogP contribution in [0, 0.1) is 11.6 Å². The molecule has 9 nitrogen and oxygen atoms in total. The van der Waals surface area contributed by atoms with Gasteiger partial charge in [-0.1, -0.05) is 0 Å². The Morgan fingerprint density at radius 1 is 1.30 bits per heavy atom. The van der Waals surface area contributed by atoms with Crippen molar-refractivity contribution in [2.45, 2.75) is 24.7 Å². The summed E-state index contributed by atoms with van der Waals surface area (Å²) >= 11 is 0.